The predicted octanol–water partition coefficient (Wildman–Crippen LogP) is 2.39. The molecular formula is C20H20O5. The molecule has 5 nitrogen and oxygen atoms in total. The Bertz CT molecular complexity index is 717. The molecule has 0 aliphatic carbocycles. The molecule has 2 heterocycles. The van der Waals surface area contributed by atoms with Crippen molar-refractivity contribution in [2.75, 3.05) is 0 Å². The quantitative estimate of drug-likeness (QED) is 0.847. The number of rotatable bonds is 5. The number of hydrogen-bond acceptors (Lipinski definition) is 5. The Balaban J connectivity index is 1.53. The fourth-order valence-electron chi connectivity index (χ4n) is 3.48. The molecule has 0 aromatic heterocycles. The van der Waals surface area contributed by atoms with Crippen molar-refractivity contribution in [1.82, 2.24) is 0 Å². The molecule has 0 bridgehead atoms. The number of carbonyl (C=O) groups excluding carboxylic acids is 1. The molecule has 0 amide bonds. The van der Waals surface area contributed by atoms with Gasteiger partial charge >= 0.3 is 5.97 Å². The summed E-state index contributed by atoms with van der Waals surface area (Å²) >= 11 is 0. The lowest BCUT2D eigenvalue weighted by molar-refractivity contribution is -0.151. The van der Waals surface area contributed by atoms with Gasteiger partial charge in [-0.25, -0.2) is 0 Å². The maximum Gasteiger partial charge on any atom is 0.309 e. The number of carbonyl (C=O) groups is 1. The average Bonchev–Trinajstić information content (AvgIpc) is 3.17. The number of aliphatic hydroxyl groups is 1. The number of fused-ring (bicyclic) bond motifs is 1. The lowest BCUT2D eigenvalue weighted by Gasteiger charge is -2.26. The minimum absolute atomic E-state index is 0.202. The van der Waals surface area contributed by atoms with Crippen molar-refractivity contribution < 1.29 is 24.1 Å². The first-order chi connectivity index (χ1) is 12.2. The predicted molar refractivity (Wildman–Crippen MR) is 89.6 cm³/mol. The van der Waals surface area contributed by atoms with Gasteiger partial charge in [-0.3, -0.25) is 4.79 Å². The monoisotopic (exact) mass is 340 g/mol. The van der Waals surface area contributed by atoms with E-state index in [1.54, 1.807) is 0 Å². The number of aliphatic hydroxyl groups excluding tert-OH is 1. The highest BCUT2D eigenvalue weighted by molar-refractivity contribution is 5.73. The van der Waals surface area contributed by atoms with Crippen LogP contribution in [0.1, 0.15) is 23.7 Å². The summed E-state index contributed by atoms with van der Waals surface area (Å²) in [6, 6.07) is 19.1. The maximum absolute atomic E-state index is 11.6. The smallest absolute Gasteiger partial charge is 0.309 e. The van der Waals surface area contributed by atoms with E-state index >= 15 is 0 Å². The average molecular weight is 340 g/mol. The van der Waals surface area contributed by atoms with E-state index in [4.69, 9.17) is 14.2 Å². The topological polar surface area (TPSA) is 65.0 Å². The third kappa shape index (κ3) is 3.31. The van der Waals surface area contributed by atoms with E-state index in [-0.39, 0.29) is 18.5 Å². The Morgan fingerprint density at radius 1 is 1.08 bits per heavy atom. The first kappa shape index (κ1) is 16.3. The Hall–Kier alpha value is -2.21. The molecule has 25 heavy (non-hydrogen) atoms. The summed E-state index contributed by atoms with van der Waals surface area (Å²) in [6.07, 6.45) is -2.56. The maximum atomic E-state index is 11.6. The van der Waals surface area contributed by atoms with E-state index in [1.165, 1.54) is 0 Å². The van der Waals surface area contributed by atoms with Crippen molar-refractivity contribution >= 4 is 5.97 Å². The van der Waals surface area contributed by atoms with Crippen LogP contribution in [0.2, 0.25) is 0 Å². The summed E-state index contributed by atoms with van der Waals surface area (Å²) < 4.78 is 17.4. The van der Waals surface area contributed by atoms with E-state index in [2.05, 4.69) is 0 Å². The molecule has 2 aromatic carbocycles. The van der Waals surface area contributed by atoms with Crippen LogP contribution in [0.5, 0.6) is 0 Å². The number of ether oxygens (including phenoxy) is 3. The minimum Gasteiger partial charge on any atom is -0.457 e. The van der Waals surface area contributed by atoms with Crippen LogP contribution in [0.3, 0.4) is 0 Å². The van der Waals surface area contributed by atoms with Gasteiger partial charge in [0.1, 0.15) is 24.4 Å². The zero-order valence-corrected chi connectivity index (χ0v) is 13.7. The molecule has 0 radical (unpaired) electrons. The van der Waals surface area contributed by atoms with Crippen LogP contribution in [0.15, 0.2) is 60.7 Å². The minimum atomic E-state index is -0.841. The van der Waals surface area contributed by atoms with Crippen LogP contribution in [-0.4, -0.2) is 35.5 Å². The van der Waals surface area contributed by atoms with Gasteiger partial charge in [0.05, 0.1) is 13.0 Å². The van der Waals surface area contributed by atoms with Gasteiger partial charge in [0.15, 0.2) is 6.10 Å². The van der Waals surface area contributed by atoms with Gasteiger partial charge in [0.2, 0.25) is 0 Å². The SMILES string of the molecule is O=C1C[C@@H]2O[C@@H]([C@@H](O)c3ccccc3)[C@@H](OCc3ccccc3)[C@@H]2O1. The second kappa shape index (κ2) is 6.96. The lowest BCUT2D eigenvalue weighted by Crippen LogP contribution is -2.38. The fourth-order valence-corrected chi connectivity index (χ4v) is 3.48. The normalized spacial score (nSPS) is 29.2. The summed E-state index contributed by atoms with van der Waals surface area (Å²) in [6.45, 7) is 0.369. The second-order valence-corrected chi connectivity index (χ2v) is 6.41. The number of esters is 1. The molecule has 0 spiro atoms. The molecule has 0 saturated carbocycles. The third-order valence-electron chi connectivity index (χ3n) is 4.72. The lowest BCUT2D eigenvalue weighted by atomic mass is 9.98. The van der Waals surface area contributed by atoms with Crippen LogP contribution in [0.25, 0.3) is 0 Å². The van der Waals surface area contributed by atoms with Crippen LogP contribution in [-0.2, 0) is 25.6 Å². The summed E-state index contributed by atoms with van der Waals surface area (Å²) in [7, 11) is 0. The number of hydrogen-bond donors (Lipinski definition) is 1. The van der Waals surface area contributed by atoms with Gasteiger partial charge in [-0.15, -0.1) is 0 Å². The first-order valence-electron chi connectivity index (χ1n) is 8.46. The van der Waals surface area contributed by atoms with Crippen molar-refractivity contribution in [1.29, 1.82) is 0 Å². The van der Waals surface area contributed by atoms with Crippen LogP contribution >= 0.6 is 0 Å². The van der Waals surface area contributed by atoms with E-state index in [1.807, 2.05) is 60.7 Å². The zero-order chi connectivity index (χ0) is 17.2. The molecule has 2 fully saturated rings. The van der Waals surface area contributed by atoms with E-state index in [0.29, 0.717) is 6.61 Å². The third-order valence-corrected chi connectivity index (χ3v) is 4.72. The van der Waals surface area contributed by atoms with Gasteiger partial charge in [-0.2, -0.15) is 0 Å². The van der Waals surface area contributed by atoms with Crippen molar-refractivity contribution in [2.45, 2.75) is 43.5 Å². The van der Waals surface area contributed by atoms with Gasteiger partial charge in [0.25, 0.3) is 0 Å². The summed E-state index contributed by atoms with van der Waals surface area (Å²) in [5.74, 6) is -0.282. The Morgan fingerprint density at radius 3 is 2.48 bits per heavy atom. The zero-order valence-electron chi connectivity index (χ0n) is 13.7. The Kier molecular flexibility index (Phi) is 4.53. The standard InChI is InChI=1S/C20H20O5/c21-16-11-15-18(25-16)20(23-12-13-7-3-1-4-8-13)19(24-15)17(22)14-9-5-2-6-10-14/h1-10,15,17-20,22H,11-12H2/t15-,17-,18+,19-,20-/m0/s1. The largest absolute Gasteiger partial charge is 0.457 e. The van der Waals surface area contributed by atoms with E-state index in [9.17, 15) is 9.90 Å². The molecule has 2 aromatic rings. The van der Waals surface area contributed by atoms with Crippen LogP contribution in [0.4, 0.5) is 0 Å². The summed E-state index contributed by atoms with van der Waals surface area (Å²) in [4.78, 5) is 11.6. The van der Waals surface area contributed by atoms with Crippen molar-refractivity contribution in [3.8, 4) is 0 Å². The van der Waals surface area contributed by atoms with Gasteiger partial charge in [-0.05, 0) is 11.1 Å². The molecule has 0 unspecified atom stereocenters. The highest BCUT2D eigenvalue weighted by atomic mass is 16.6. The molecule has 4 rings (SSSR count). The number of benzene rings is 2. The van der Waals surface area contributed by atoms with E-state index < -0.39 is 24.4 Å². The van der Waals surface area contributed by atoms with Crippen LogP contribution < -0.4 is 0 Å². The highest BCUT2D eigenvalue weighted by Gasteiger charge is 2.54. The first-order valence-corrected chi connectivity index (χ1v) is 8.46. The summed E-state index contributed by atoms with van der Waals surface area (Å²) in [5.41, 5.74) is 1.77. The molecule has 5 heteroatoms. The Labute approximate surface area is 146 Å². The second-order valence-electron chi connectivity index (χ2n) is 6.41. The van der Waals surface area contributed by atoms with Crippen molar-refractivity contribution in [3.63, 3.8) is 0 Å². The van der Waals surface area contributed by atoms with E-state index in [0.717, 1.165) is 11.1 Å². The van der Waals surface area contributed by atoms with Crippen molar-refractivity contribution in [2.24, 2.45) is 0 Å². The molecule has 130 valence electrons. The molecule has 1 N–H and O–H groups in total. The highest BCUT2D eigenvalue weighted by Crippen LogP contribution is 2.39. The van der Waals surface area contributed by atoms with Crippen LogP contribution in [0, 0.1) is 0 Å². The van der Waals surface area contributed by atoms with Gasteiger partial charge in [-0.1, -0.05) is 60.7 Å². The summed E-state index contributed by atoms with van der Waals surface area (Å²) in [5, 5.41) is 10.8. The molecule has 2 saturated heterocycles. The molecular weight excluding hydrogens is 320 g/mol. The molecule has 5 atom stereocenters. The molecule has 2 aliphatic rings. The van der Waals surface area contributed by atoms with Gasteiger partial charge < -0.3 is 19.3 Å². The van der Waals surface area contributed by atoms with Gasteiger partial charge in [0, 0.05) is 0 Å². The Morgan fingerprint density at radius 2 is 1.76 bits per heavy atom. The molecule has 2 aliphatic heterocycles. The van der Waals surface area contributed by atoms with Crippen molar-refractivity contribution in [3.05, 3.63) is 71.8 Å². The fraction of sp³-hybridized carbons (Fsp3) is 0.350.